The maximum absolute atomic E-state index is 12.4. The molecule has 2 aromatic carbocycles. The van der Waals surface area contributed by atoms with Crippen molar-refractivity contribution in [2.75, 3.05) is 5.75 Å². The molecule has 0 radical (unpaired) electrons. The number of para-hydroxylation sites is 2. The van der Waals surface area contributed by atoms with Crippen LogP contribution in [0.2, 0.25) is 0 Å². The van der Waals surface area contributed by atoms with Gasteiger partial charge in [0, 0.05) is 18.0 Å². The van der Waals surface area contributed by atoms with E-state index in [-0.39, 0.29) is 11.7 Å². The van der Waals surface area contributed by atoms with Crippen molar-refractivity contribution in [2.24, 2.45) is 5.10 Å². The molecule has 0 spiro atoms. The number of hydrazone groups is 1. The van der Waals surface area contributed by atoms with Crippen LogP contribution >= 0.6 is 11.8 Å². The molecule has 2 aromatic heterocycles. The van der Waals surface area contributed by atoms with Gasteiger partial charge < -0.3 is 4.57 Å². The second-order valence-electron chi connectivity index (χ2n) is 7.21. The number of thioether (sulfide) groups is 1. The molecule has 0 atom stereocenters. The van der Waals surface area contributed by atoms with Crippen molar-refractivity contribution < 1.29 is 4.79 Å². The Kier molecular flexibility index (Phi) is 6.43. The first-order chi connectivity index (χ1) is 15.1. The standard InChI is InChI=1S/C24H23N5OS/c1-17-7-9-19(10-8-17)15-29-22-6-4-3-5-21(22)26-24(29)31-16-23(30)28-27-18(2)20-11-13-25-14-12-20/h3-14H,15-16H2,1-2H3,(H,28,30)/b27-18+. The number of imidazole rings is 1. The number of rotatable bonds is 7. The molecule has 0 saturated heterocycles. The molecule has 1 N–H and O–H groups in total. The van der Waals surface area contributed by atoms with Crippen molar-refractivity contribution in [3.63, 3.8) is 0 Å². The van der Waals surface area contributed by atoms with Crippen molar-refractivity contribution in [1.29, 1.82) is 0 Å². The molecule has 4 rings (SSSR count). The van der Waals surface area contributed by atoms with Gasteiger partial charge in [0.05, 0.1) is 29.0 Å². The minimum atomic E-state index is -0.174. The first kappa shape index (κ1) is 20.8. The minimum absolute atomic E-state index is 0.174. The zero-order valence-electron chi connectivity index (χ0n) is 17.4. The first-order valence-electron chi connectivity index (χ1n) is 9.97. The fourth-order valence-corrected chi connectivity index (χ4v) is 3.97. The van der Waals surface area contributed by atoms with Crippen molar-refractivity contribution >= 4 is 34.4 Å². The number of pyridine rings is 1. The lowest BCUT2D eigenvalue weighted by atomic mass is 10.1. The summed E-state index contributed by atoms with van der Waals surface area (Å²) in [7, 11) is 0. The van der Waals surface area contributed by atoms with E-state index >= 15 is 0 Å². The summed E-state index contributed by atoms with van der Waals surface area (Å²) in [5.74, 6) is 0.0528. The summed E-state index contributed by atoms with van der Waals surface area (Å²) in [6, 6.07) is 20.2. The second-order valence-corrected chi connectivity index (χ2v) is 8.15. The molecule has 6 nitrogen and oxygen atoms in total. The lowest BCUT2D eigenvalue weighted by molar-refractivity contribution is -0.118. The quantitative estimate of drug-likeness (QED) is 0.268. The topological polar surface area (TPSA) is 72.2 Å². The molecule has 0 unspecified atom stereocenters. The van der Waals surface area contributed by atoms with Gasteiger partial charge >= 0.3 is 0 Å². The van der Waals surface area contributed by atoms with Gasteiger partial charge in [-0.2, -0.15) is 5.10 Å². The third-order valence-electron chi connectivity index (χ3n) is 4.86. The van der Waals surface area contributed by atoms with Crippen molar-refractivity contribution in [3.05, 3.63) is 89.7 Å². The fourth-order valence-electron chi connectivity index (χ4n) is 3.16. The third-order valence-corrected chi connectivity index (χ3v) is 5.84. The number of amides is 1. The molecule has 4 aromatic rings. The Hall–Kier alpha value is -3.45. The van der Waals surface area contributed by atoms with Gasteiger partial charge in [-0.15, -0.1) is 0 Å². The molecule has 2 heterocycles. The molecule has 0 saturated carbocycles. The highest BCUT2D eigenvalue weighted by molar-refractivity contribution is 7.99. The average Bonchev–Trinajstić information content (AvgIpc) is 3.15. The highest BCUT2D eigenvalue weighted by atomic mass is 32.2. The van der Waals surface area contributed by atoms with Crippen molar-refractivity contribution in [1.82, 2.24) is 20.0 Å². The number of hydrogen-bond acceptors (Lipinski definition) is 5. The molecule has 0 aliphatic rings. The van der Waals surface area contributed by atoms with Crippen LogP contribution in [0, 0.1) is 6.92 Å². The van der Waals surface area contributed by atoms with E-state index in [1.807, 2.05) is 37.3 Å². The number of aromatic nitrogens is 3. The lowest BCUT2D eigenvalue weighted by Gasteiger charge is -2.09. The summed E-state index contributed by atoms with van der Waals surface area (Å²) in [4.78, 5) is 21.1. The van der Waals surface area contributed by atoms with E-state index in [1.165, 1.54) is 22.9 Å². The Labute approximate surface area is 185 Å². The lowest BCUT2D eigenvalue weighted by Crippen LogP contribution is -2.21. The largest absolute Gasteiger partial charge is 0.314 e. The predicted molar refractivity (Wildman–Crippen MR) is 125 cm³/mol. The average molecular weight is 430 g/mol. The monoisotopic (exact) mass is 429 g/mol. The van der Waals surface area contributed by atoms with Gasteiger partial charge in [-0.1, -0.05) is 53.7 Å². The zero-order chi connectivity index (χ0) is 21.6. The van der Waals surface area contributed by atoms with Gasteiger partial charge in [0.25, 0.3) is 5.91 Å². The zero-order valence-corrected chi connectivity index (χ0v) is 18.3. The summed E-state index contributed by atoms with van der Waals surface area (Å²) >= 11 is 1.41. The van der Waals surface area contributed by atoms with Crippen LogP contribution in [0.3, 0.4) is 0 Å². The van der Waals surface area contributed by atoms with Crippen molar-refractivity contribution in [3.8, 4) is 0 Å². The van der Waals surface area contributed by atoms with Crippen LogP contribution in [0.1, 0.15) is 23.6 Å². The van der Waals surface area contributed by atoms with E-state index < -0.39 is 0 Å². The van der Waals surface area contributed by atoms with Crippen LogP contribution < -0.4 is 5.43 Å². The molecular weight excluding hydrogens is 406 g/mol. The van der Waals surface area contributed by atoms with E-state index in [0.717, 1.165) is 27.5 Å². The van der Waals surface area contributed by atoms with E-state index in [0.29, 0.717) is 6.54 Å². The van der Waals surface area contributed by atoms with E-state index in [1.54, 1.807) is 12.4 Å². The molecule has 0 aliphatic heterocycles. The molecular formula is C24H23N5OS. The molecule has 0 bridgehead atoms. The maximum Gasteiger partial charge on any atom is 0.250 e. The molecule has 7 heteroatoms. The molecule has 0 aliphatic carbocycles. The summed E-state index contributed by atoms with van der Waals surface area (Å²) in [6.45, 7) is 4.63. The number of hydrogen-bond donors (Lipinski definition) is 1. The first-order valence-corrected chi connectivity index (χ1v) is 11.0. The van der Waals surface area contributed by atoms with Crippen LogP contribution in [0.5, 0.6) is 0 Å². The number of aryl methyl sites for hydroxylation is 1. The molecule has 1 amide bonds. The molecule has 31 heavy (non-hydrogen) atoms. The number of nitrogens with zero attached hydrogens (tertiary/aromatic N) is 4. The Morgan fingerprint density at radius 2 is 1.81 bits per heavy atom. The van der Waals surface area contributed by atoms with Crippen LogP contribution in [0.15, 0.2) is 83.3 Å². The van der Waals surface area contributed by atoms with Gasteiger partial charge in [-0.05, 0) is 43.7 Å². The normalized spacial score (nSPS) is 11.6. The van der Waals surface area contributed by atoms with Gasteiger partial charge in [0.15, 0.2) is 5.16 Å². The van der Waals surface area contributed by atoms with E-state index in [4.69, 9.17) is 4.98 Å². The summed E-state index contributed by atoms with van der Waals surface area (Å²) in [5.41, 5.74) is 8.68. The Balaban J connectivity index is 1.47. The maximum atomic E-state index is 12.4. The summed E-state index contributed by atoms with van der Waals surface area (Å²) in [5, 5.41) is 5.01. The summed E-state index contributed by atoms with van der Waals surface area (Å²) in [6.07, 6.45) is 3.40. The Bertz CT molecular complexity index is 1220. The Morgan fingerprint density at radius 3 is 2.58 bits per heavy atom. The van der Waals surface area contributed by atoms with Crippen LogP contribution in [-0.2, 0) is 11.3 Å². The Morgan fingerprint density at radius 1 is 1.06 bits per heavy atom. The number of carbonyl (C=O) groups excluding carboxylic acids is 1. The SMILES string of the molecule is C/C(=N\NC(=O)CSc1nc2ccccc2n1Cc1ccc(C)cc1)c1ccncc1. The number of fused-ring (bicyclic) bond motifs is 1. The predicted octanol–water partition coefficient (Wildman–Crippen LogP) is 4.42. The van der Waals surface area contributed by atoms with Crippen LogP contribution in [0.4, 0.5) is 0 Å². The van der Waals surface area contributed by atoms with Gasteiger partial charge in [0.1, 0.15) is 0 Å². The number of benzene rings is 2. The summed E-state index contributed by atoms with van der Waals surface area (Å²) < 4.78 is 2.16. The smallest absolute Gasteiger partial charge is 0.250 e. The van der Waals surface area contributed by atoms with Gasteiger partial charge in [0.2, 0.25) is 0 Å². The second kappa shape index (κ2) is 9.57. The van der Waals surface area contributed by atoms with Crippen molar-refractivity contribution in [2.45, 2.75) is 25.5 Å². The van der Waals surface area contributed by atoms with E-state index in [9.17, 15) is 4.79 Å². The molecule has 0 fully saturated rings. The number of carbonyl (C=O) groups is 1. The highest BCUT2D eigenvalue weighted by Crippen LogP contribution is 2.25. The van der Waals surface area contributed by atoms with Gasteiger partial charge in [-0.25, -0.2) is 10.4 Å². The third kappa shape index (κ3) is 5.19. The van der Waals surface area contributed by atoms with Crippen LogP contribution in [0.25, 0.3) is 11.0 Å². The van der Waals surface area contributed by atoms with Crippen LogP contribution in [-0.4, -0.2) is 31.9 Å². The highest BCUT2D eigenvalue weighted by Gasteiger charge is 2.13. The van der Waals surface area contributed by atoms with Gasteiger partial charge in [-0.3, -0.25) is 9.78 Å². The van der Waals surface area contributed by atoms with E-state index in [2.05, 4.69) is 57.3 Å². The minimum Gasteiger partial charge on any atom is -0.314 e. The number of nitrogens with one attached hydrogen (secondary N) is 1. The molecule has 156 valence electrons. The fraction of sp³-hybridized carbons (Fsp3) is 0.167.